The third kappa shape index (κ3) is 16.3. The number of Topliss-reactive ketones (excluding diaryl/α,β-unsaturated/α-hetero) is 2. The van der Waals surface area contributed by atoms with Gasteiger partial charge in [0.25, 0.3) is 0 Å². The molecule has 0 aromatic heterocycles. The lowest BCUT2D eigenvalue weighted by atomic mass is 10.2. The van der Waals surface area contributed by atoms with Crippen molar-refractivity contribution in [2.75, 3.05) is 6.66 Å². The van der Waals surface area contributed by atoms with E-state index in [9.17, 15) is 19.2 Å². The van der Waals surface area contributed by atoms with Crippen molar-refractivity contribution in [3.05, 3.63) is 0 Å². The zero-order valence-corrected chi connectivity index (χ0v) is 18.5. The molecular formula is C15H34N4O4P2. The largest absolute Gasteiger partial charge is 0.345 e. The standard InChI is InChI=1S/C7H15N2O2P.C7H14N2O2.CH5P/c1-4(6(3)10)8-7(11)5(2)9-12;1-4(8)7(11)9-5(2)6(3)10;1-2/h4-5,9H,12H2,1-3H3,(H,8,11);4-5H,8H2,1-3H3,(H,9,11);2H2,1H3. The highest BCUT2D eigenvalue weighted by Crippen LogP contribution is 1.89. The second-order valence-electron chi connectivity index (χ2n) is 5.36. The molecule has 10 heteroatoms. The third-order valence-corrected chi connectivity index (χ3v) is 3.49. The number of nitrogens with one attached hydrogen (secondary N) is 3. The predicted molar refractivity (Wildman–Crippen MR) is 108 cm³/mol. The second-order valence-corrected chi connectivity index (χ2v) is 5.69. The Bertz CT molecular complexity index is 434. The molecule has 2 amide bonds. The van der Waals surface area contributed by atoms with Crippen molar-refractivity contribution in [2.24, 2.45) is 5.73 Å². The highest BCUT2D eigenvalue weighted by molar-refractivity contribution is 7.15. The fourth-order valence-electron chi connectivity index (χ4n) is 0.962. The quantitative estimate of drug-likeness (QED) is 0.440. The van der Waals surface area contributed by atoms with Crippen LogP contribution in [-0.4, -0.2) is 54.2 Å². The SMILES string of the molecule is CC(=O)C(C)NC(=O)C(C)N.CC(=O)C(C)NC(=O)C(C)NP.CP. The van der Waals surface area contributed by atoms with Crippen LogP contribution in [-0.2, 0) is 19.2 Å². The molecule has 0 aliphatic heterocycles. The zero-order chi connectivity index (χ0) is 20.7. The first-order valence-electron chi connectivity index (χ1n) is 7.85. The van der Waals surface area contributed by atoms with Crippen LogP contribution < -0.4 is 21.5 Å². The van der Waals surface area contributed by atoms with Crippen molar-refractivity contribution in [3.63, 3.8) is 0 Å². The predicted octanol–water partition coefficient (Wildman–Crippen LogP) is -0.233. The van der Waals surface area contributed by atoms with Gasteiger partial charge in [-0.25, -0.2) is 0 Å². The summed E-state index contributed by atoms with van der Waals surface area (Å²) in [6.07, 6.45) is 0. The third-order valence-electron chi connectivity index (χ3n) is 2.99. The minimum Gasteiger partial charge on any atom is -0.345 e. The average molecular weight is 396 g/mol. The average Bonchev–Trinajstić information content (AvgIpc) is 2.55. The number of carbonyl (C=O) groups excluding carboxylic acids is 4. The molecule has 0 spiro atoms. The Kier molecular flexibility index (Phi) is 19.1. The van der Waals surface area contributed by atoms with Crippen LogP contribution >= 0.6 is 18.6 Å². The zero-order valence-electron chi connectivity index (χ0n) is 16.2. The van der Waals surface area contributed by atoms with Gasteiger partial charge in [0, 0.05) is 0 Å². The lowest BCUT2D eigenvalue weighted by molar-refractivity contribution is -0.127. The number of hydrogen-bond acceptors (Lipinski definition) is 6. The molecule has 0 radical (unpaired) electrons. The van der Waals surface area contributed by atoms with Crippen LogP contribution in [0, 0.1) is 0 Å². The van der Waals surface area contributed by atoms with Gasteiger partial charge >= 0.3 is 0 Å². The summed E-state index contributed by atoms with van der Waals surface area (Å²) in [5.41, 5.74) is 5.26. The van der Waals surface area contributed by atoms with Crippen LogP contribution in [0.1, 0.15) is 41.5 Å². The lowest BCUT2D eigenvalue weighted by Gasteiger charge is -2.14. The molecular weight excluding hydrogens is 362 g/mol. The molecule has 0 fully saturated rings. The maximum atomic E-state index is 11.1. The van der Waals surface area contributed by atoms with Crippen molar-refractivity contribution in [3.8, 4) is 0 Å². The van der Waals surface area contributed by atoms with E-state index in [1.54, 1.807) is 27.7 Å². The van der Waals surface area contributed by atoms with Gasteiger partial charge in [0.1, 0.15) is 0 Å². The molecule has 148 valence electrons. The molecule has 0 aliphatic carbocycles. The fraction of sp³-hybridized carbons (Fsp3) is 0.733. The van der Waals surface area contributed by atoms with Crippen LogP contribution in [0.3, 0.4) is 0 Å². The number of hydrogen-bond donors (Lipinski definition) is 4. The van der Waals surface area contributed by atoms with E-state index in [1.807, 2.05) is 6.66 Å². The van der Waals surface area contributed by atoms with E-state index >= 15 is 0 Å². The Morgan fingerprint density at radius 3 is 1.32 bits per heavy atom. The monoisotopic (exact) mass is 396 g/mol. The number of rotatable bonds is 7. The summed E-state index contributed by atoms with van der Waals surface area (Å²) in [5.74, 6) is -0.585. The first-order chi connectivity index (χ1) is 11.4. The summed E-state index contributed by atoms with van der Waals surface area (Å²) in [4.78, 5) is 43.4. The summed E-state index contributed by atoms with van der Waals surface area (Å²) in [6, 6.07) is -1.69. The molecule has 0 heterocycles. The molecule has 0 aliphatic rings. The molecule has 0 saturated carbocycles. The first kappa shape index (κ1) is 28.8. The van der Waals surface area contributed by atoms with Gasteiger partial charge in [-0.15, -0.1) is 9.24 Å². The van der Waals surface area contributed by atoms with Crippen molar-refractivity contribution in [2.45, 2.75) is 65.7 Å². The number of carbonyl (C=O) groups is 4. The summed E-state index contributed by atoms with van der Waals surface area (Å²) in [7, 11) is 4.67. The Morgan fingerprint density at radius 2 is 1.08 bits per heavy atom. The van der Waals surface area contributed by atoms with Gasteiger partial charge in [0.2, 0.25) is 11.8 Å². The fourth-order valence-corrected chi connectivity index (χ4v) is 1.11. The molecule has 0 bridgehead atoms. The van der Waals surface area contributed by atoms with E-state index in [4.69, 9.17) is 5.73 Å². The Morgan fingerprint density at radius 1 is 0.760 bits per heavy atom. The highest BCUT2D eigenvalue weighted by Gasteiger charge is 2.15. The number of ketones is 2. The van der Waals surface area contributed by atoms with Crippen LogP contribution in [0.2, 0.25) is 0 Å². The van der Waals surface area contributed by atoms with Crippen LogP contribution in [0.4, 0.5) is 0 Å². The first-order valence-corrected chi connectivity index (χ1v) is 9.58. The molecule has 0 saturated heterocycles. The highest BCUT2D eigenvalue weighted by atomic mass is 31.0. The van der Waals surface area contributed by atoms with Gasteiger partial charge in [-0.2, -0.15) is 0 Å². The molecule has 0 aromatic carbocycles. The molecule has 0 aromatic rings. The van der Waals surface area contributed by atoms with E-state index in [0.717, 1.165) is 0 Å². The normalized spacial score (nSPS) is 14.2. The van der Waals surface area contributed by atoms with Crippen molar-refractivity contribution >= 4 is 42.0 Å². The summed E-state index contributed by atoms with van der Waals surface area (Å²) in [5, 5.41) is 7.73. The van der Waals surface area contributed by atoms with E-state index in [1.165, 1.54) is 13.8 Å². The van der Waals surface area contributed by atoms with E-state index in [2.05, 4.69) is 34.4 Å². The maximum Gasteiger partial charge on any atom is 0.237 e. The Hall–Kier alpha value is -0.940. The molecule has 8 nitrogen and oxygen atoms in total. The maximum absolute atomic E-state index is 11.1. The van der Waals surface area contributed by atoms with Crippen LogP contribution in [0.5, 0.6) is 0 Å². The Labute approximate surface area is 155 Å². The lowest BCUT2D eigenvalue weighted by Crippen LogP contribution is -2.45. The van der Waals surface area contributed by atoms with Gasteiger partial charge in [0.15, 0.2) is 11.6 Å². The minimum absolute atomic E-state index is 0.0423. The summed E-state index contributed by atoms with van der Waals surface area (Å²) < 4.78 is 0. The molecule has 5 N–H and O–H groups in total. The van der Waals surface area contributed by atoms with Crippen LogP contribution in [0.15, 0.2) is 0 Å². The van der Waals surface area contributed by atoms with Gasteiger partial charge in [-0.3, -0.25) is 24.3 Å². The number of amides is 2. The summed E-state index contributed by atoms with van der Waals surface area (Å²) in [6.45, 7) is 11.4. The van der Waals surface area contributed by atoms with Crippen LogP contribution in [0.25, 0.3) is 0 Å². The van der Waals surface area contributed by atoms with E-state index < -0.39 is 18.1 Å². The number of nitrogens with two attached hydrogens (primary N) is 1. The van der Waals surface area contributed by atoms with Gasteiger partial charge in [0.05, 0.1) is 24.2 Å². The van der Waals surface area contributed by atoms with Crippen molar-refractivity contribution in [1.82, 2.24) is 15.7 Å². The Balaban J connectivity index is -0.000000353. The topological polar surface area (TPSA) is 130 Å². The van der Waals surface area contributed by atoms with Gasteiger partial charge in [-0.05, 0) is 41.5 Å². The summed E-state index contributed by atoms with van der Waals surface area (Å²) >= 11 is 0. The molecule has 0 rings (SSSR count). The van der Waals surface area contributed by atoms with E-state index in [0.29, 0.717) is 0 Å². The molecule has 6 atom stereocenters. The second kappa shape index (κ2) is 16.5. The van der Waals surface area contributed by atoms with E-state index in [-0.39, 0.29) is 29.4 Å². The molecule has 25 heavy (non-hydrogen) atoms. The minimum atomic E-state index is -0.559. The van der Waals surface area contributed by atoms with Gasteiger partial charge in [-0.1, -0.05) is 16.1 Å². The van der Waals surface area contributed by atoms with Crippen molar-refractivity contribution in [1.29, 1.82) is 0 Å². The van der Waals surface area contributed by atoms with Gasteiger partial charge < -0.3 is 16.4 Å². The smallest absolute Gasteiger partial charge is 0.237 e. The van der Waals surface area contributed by atoms with Crippen molar-refractivity contribution < 1.29 is 19.2 Å². The molecule has 6 unspecified atom stereocenters.